The molecule has 3 rings (SSSR count). The van der Waals surface area contributed by atoms with Gasteiger partial charge < -0.3 is 15.3 Å². The minimum Gasteiger partial charge on any atom is -0.481 e. The first-order valence-corrected chi connectivity index (χ1v) is 6.54. The van der Waals surface area contributed by atoms with Crippen LogP contribution in [0.4, 0.5) is 19.0 Å². The van der Waals surface area contributed by atoms with Crippen molar-refractivity contribution in [3.63, 3.8) is 0 Å². The molecule has 0 radical (unpaired) electrons. The van der Waals surface area contributed by atoms with E-state index in [2.05, 4.69) is 10.3 Å². The van der Waals surface area contributed by atoms with Crippen molar-refractivity contribution in [1.82, 2.24) is 10.3 Å². The molecule has 6 nitrogen and oxygen atoms in total. The van der Waals surface area contributed by atoms with Gasteiger partial charge in [-0.05, 0) is 12.1 Å². The number of aliphatic carboxylic acids is 1. The maximum atomic E-state index is 12.7. The Kier molecular flexibility index (Phi) is 3.05. The van der Waals surface area contributed by atoms with Crippen LogP contribution >= 0.6 is 0 Å². The number of fused-ring (bicyclic) bond motifs is 1. The number of aromatic nitrogens is 1. The van der Waals surface area contributed by atoms with Crippen molar-refractivity contribution in [2.45, 2.75) is 6.18 Å². The predicted octanol–water partition coefficient (Wildman–Crippen LogP) is 0.737. The van der Waals surface area contributed by atoms with Crippen molar-refractivity contribution in [1.29, 1.82) is 0 Å². The summed E-state index contributed by atoms with van der Waals surface area (Å²) in [5, 5.41) is 11.9. The van der Waals surface area contributed by atoms with E-state index in [0.717, 1.165) is 6.07 Å². The van der Waals surface area contributed by atoms with Gasteiger partial charge in [0.15, 0.2) is 0 Å². The monoisotopic (exact) mass is 315 g/mol. The summed E-state index contributed by atoms with van der Waals surface area (Å²) in [6.07, 6.45) is -4.58. The summed E-state index contributed by atoms with van der Waals surface area (Å²) >= 11 is 0. The fourth-order valence-electron chi connectivity index (χ4n) is 3.02. The van der Waals surface area contributed by atoms with Crippen LogP contribution in [0.15, 0.2) is 18.2 Å². The van der Waals surface area contributed by atoms with Crippen LogP contribution in [-0.2, 0) is 15.8 Å². The molecule has 0 aromatic carbocycles. The predicted molar refractivity (Wildman–Crippen MR) is 68.0 cm³/mol. The average molecular weight is 315 g/mol. The van der Waals surface area contributed by atoms with E-state index in [1.54, 1.807) is 0 Å². The highest BCUT2D eigenvalue weighted by molar-refractivity contribution is 5.93. The Morgan fingerprint density at radius 1 is 1.45 bits per heavy atom. The van der Waals surface area contributed by atoms with Crippen LogP contribution in [0.2, 0.25) is 0 Å². The summed E-state index contributed by atoms with van der Waals surface area (Å²) in [7, 11) is 0. The zero-order valence-electron chi connectivity index (χ0n) is 11.2. The molecule has 1 amide bonds. The van der Waals surface area contributed by atoms with E-state index in [0.29, 0.717) is 0 Å². The largest absolute Gasteiger partial charge is 0.481 e. The molecule has 118 valence electrons. The second-order valence-electron chi connectivity index (χ2n) is 5.49. The van der Waals surface area contributed by atoms with Crippen molar-refractivity contribution in [2.75, 3.05) is 24.5 Å². The Balaban J connectivity index is 1.93. The lowest BCUT2D eigenvalue weighted by atomic mass is 9.81. The third kappa shape index (κ3) is 2.08. The van der Waals surface area contributed by atoms with Gasteiger partial charge in [0.05, 0.1) is 5.92 Å². The second kappa shape index (κ2) is 4.59. The van der Waals surface area contributed by atoms with Gasteiger partial charge in [0.1, 0.15) is 16.9 Å². The Hall–Kier alpha value is -2.32. The van der Waals surface area contributed by atoms with Crippen molar-refractivity contribution in [2.24, 2.45) is 11.3 Å². The van der Waals surface area contributed by atoms with Gasteiger partial charge in [-0.25, -0.2) is 4.98 Å². The number of rotatable bonds is 2. The number of hydrogen-bond donors (Lipinski definition) is 2. The van der Waals surface area contributed by atoms with Gasteiger partial charge in [-0.3, -0.25) is 9.59 Å². The molecule has 2 fully saturated rings. The average Bonchev–Trinajstić information content (AvgIpc) is 2.97. The van der Waals surface area contributed by atoms with Crippen LogP contribution < -0.4 is 10.2 Å². The van der Waals surface area contributed by atoms with Crippen molar-refractivity contribution in [3.05, 3.63) is 23.9 Å². The van der Waals surface area contributed by atoms with Gasteiger partial charge in [-0.15, -0.1) is 0 Å². The first kappa shape index (κ1) is 14.6. The van der Waals surface area contributed by atoms with Gasteiger partial charge >= 0.3 is 12.1 Å². The summed E-state index contributed by atoms with van der Waals surface area (Å²) in [6, 6.07) is 3.44. The number of hydrogen-bond acceptors (Lipinski definition) is 4. The highest BCUT2D eigenvalue weighted by Crippen LogP contribution is 2.41. The minimum absolute atomic E-state index is 0.0256. The molecule has 9 heteroatoms. The highest BCUT2D eigenvalue weighted by Gasteiger charge is 2.59. The molecule has 1 aromatic heterocycles. The topological polar surface area (TPSA) is 82.5 Å². The maximum Gasteiger partial charge on any atom is 0.433 e. The summed E-state index contributed by atoms with van der Waals surface area (Å²) in [6.45, 7) is -0.0478. The molecule has 3 heterocycles. The number of pyridine rings is 1. The van der Waals surface area contributed by atoms with Gasteiger partial charge in [0, 0.05) is 19.6 Å². The van der Waals surface area contributed by atoms with Crippen LogP contribution in [0, 0.1) is 11.3 Å². The lowest BCUT2D eigenvalue weighted by Gasteiger charge is -2.23. The normalized spacial score (nSPS) is 27.7. The summed E-state index contributed by atoms with van der Waals surface area (Å²) in [4.78, 5) is 28.3. The first-order chi connectivity index (χ1) is 10.2. The van der Waals surface area contributed by atoms with Gasteiger partial charge in [-0.2, -0.15) is 13.2 Å². The number of amides is 1. The van der Waals surface area contributed by atoms with Crippen LogP contribution in [0.5, 0.6) is 0 Å². The highest BCUT2D eigenvalue weighted by atomic mass is 19.4. The lowest BCUT2D eigenvalue weighted by molar-refractivity contribution is -0.149. The SMILES string of the molecule is O=C1NC[C@@]2(C(=O)O)CN(c3cccc(C(F)(F)F)n3)C[C@@H]12. The molecule has 2 aliphatic heterocycles. The van der Waals surface area contributed by atoms with E-state index in [1.807, 2.05) is 0 Å². The van der Waals surface area contributed by atoms with Crippen LogP contribution in [-0.4, -0.2) is 41.6 Å². The Morgan fingerprint density at radius 3 is 2.77 bits per heavy atom. The number of halogens is 3. The van der Waals surface area contributed by atoms with Crippen molar-refractivity contribution >= 4 is 17.7 Å². The molecule has 0 spiro atoms. The van der Waals surface area contributed by atoms with E-state index < -0.39 is 35.1 Å². The molecule has 22 heavy (non-hydrogen) atoms. The van der Waals surface area contributed by atoms with Gasteiger partial charge in [0.25, 0.3) is 0 Å². The molecular weight excluding hydrogens is 303 g/mol. The summed E-state index contributed by atoms with van der Waals surface area (Å²) < 4.78 is 38.1. The number of alkyl halides is 3. The van der Waals surface area contributed by atoms with Crippen LogP contribution in [0.3, 0.4) is 0 Å². The molecule has 0 saturated carbocycles. The van der Waals surface area contributed by atoms with Gasteiger partial charge in [0.2, 0.25) is 5.91 Å². The van der Waals surface area contributed by atoms with Crippen molar-refractivity contribution in [3.8, 4) is 0 Å². The molecule has 1 aromatic rings. The quantitative estimate of drug-likeness (QED) is 0.841. The second-order valence-corrected chi connectivity index (χ2v) is 5.49. The molecular formula is C13H12F3N3O3. The first-order valence-electron chi connectivity index (χ1n) is 6.54. The van der Waals surface area contributed by atoms with Crippen LogP contribution in [0.25, 0.3) is 0 Å². The summed E-state index contributed by atoms with van der Waals surface area (Å²) in [5.41, 5.74) is -2.36. The number of carbonyl (C=O) groups is 2. The fraction of sp³-hybridized carbons (Fsp3) is 0.462. The van der Waals surface area contributed by atoms with Gasteiger partial charge in [-0.1, -0.05) is 6.07 Å². The Morgan fingerprint density at radius 2 is 2.18 bits per heavy atom. The lowest BCUT2D eigenvalue weighted by Crippen LogP contribution is -2.40. The molecule has 2 N–H and O–H groups in total. The number of anilines is 1. The zero-order valence-corrected chi connectivity index (χ0v) is 11.2. The Bertz CT molecular complexity index is 649. The number of nitrogens with one attached hydrogen (secondary N) is 1. The minimum atomic E-state index is -4.58. The molecule has 2 atom stereocenters. The Labute approximate surface area is 122 Å². The third-order valence-electron chi connectivity index (χ3n) is 4.21. The number of nitrogens with zero attached hydrogens (tertiary/aromatic N) is 2. The van der Waals surface area contributed by atoms with Crippen LogP contribution in [0.1, 0.15) is 5.69 Å². The van der Waals surface area contributed by atoms with Crippen molar-refractivity contribution < 1.29 is 27.9 Å². The number of carboxylic acid groups (broad SMARTS) is 1. The van der Waals surface area contributed by atoms with E-state index in [9.17, 15) is 27.9 Å². The molecule has 0 bridgehead atoms. The molecule has 0 unspecified atom stereocenters. The smallest absolute Gasteiger partial charge is 0.433 e. The fourth-order valence-corrected chi connectivity index (χ4v) is 3.02. The summed E-state index contributed by atoms with van der Waals surface area (Å²) in [5.74, 6) is -2.29. The molecule has 2 saturated heterocycles. The molecule has 0 aliphatic carbocycles. The van der Waals surface area contributed by atoms with E-state index in [1.165, 1.54) is 17.0 Å². The van der Waals surface area contributed by atoms with E-state index >= 15 is 0 Å². The molecule has 2 aliphatic rings. The number of carbonyl (C=O) groups excluding carboxylic acids is 1. The zero-order chi connectivity index (χ0) is 16.1. The third-order valence-corrected chi connectivity index (χ3v) is 4.21. The number of carboxylic acids is 1. The maximum absolute atomic E-state index is 12.7. The van der Waals surface area contributed by atoms with E-state index in [4.69, 9.17) is 0 Å². The standard InChI is InChI=1S/C13H12F3N3O3/c14-13(15,16)8-2-1-3-9(18-8)19-4-7-10(20)17-5-12(7,6-19)11(21)22/h1-3,7H,4-6H2,(H,17,20)(H,21,22)/t7-,12+/m0/s1. The van der Waals surface area contributed by atoms with E-state index in [-0.39, 0.29) is 25.5 Å².